The molecule has 0 saturated carbocycles. The number of aromatic nitrogens is 4. The largest absolute Gasteiger partial charge is 0.756 e. The number of nitrogens with two attached hydrogens (primary N) is 1. The molecule has 1 saturated heterocycles. The fourth-order valence-corrected chi connectivity index (χ4v) is 3.14. The highest BCUT2D eigenvalue weighted by Gasteiger charge is 2.46. The summed E-state index contributed by atoms with van der Waals surface area (Å²) in [5, 5.41) is 10.7. The summed E-state index contributed by atoms with van der Waals surface area (Å²) in [6.07, 6.45) is 3.70. The van der Waals surface area contributed by atoms with Gasteiger partial charge in [0.15, 0.2) is 17.7 Å². The van der Waals surface area contributed by atoms with Gasteiger partial charge in [0.1, 0.15) is 36.8 Å². The van der Waals surface area contributed by atoms with Crippen molar-refractivity contribution in [2.45, 2.75) is 24.5 Å². The molecule has 0 bridgehead atoms. The van der Waals surface area contributed by atoms with E-state index < -0.39 is 39.0 Å². The predicted molar refractivity (Wildman–Crippen MR) is 88.8 cm³/mol. The Morgan fingerprint density at radius 2 is 2.30 bits per heavy atom. The van der Waals surface area contributed by atoms with E-state index in [1.807, 2.05) is 0 Å². The Balaban J connectivity index is 1.86. The summed E-state index contributed by atoms with van der Waals surface area (Å²) in [6.45, 7) is -0.561. The van der Waals surface area contributed by atoms with Gasteiger partial charge in [-0.2, -0.15) is 0 Å². The van der Waals surface area contributed by atoms with Gasteiger partial charge in [-0.15, -0.1) is 6.42 Å². The van der Waals surface area contributed by atoms with Crippen LogP contribution in [-0.4, -0.2) is 63.3 Å². The lowest BCUT2D eigenvalue weighted by Gasteiger charge is -2.24. The van der Waals surface area contributed by atoms with Crippen LogP contribution in [0.25, 0.3) is 11.2 Å². The lowest BCUT2D eigenvalue weighted by atomic mass is 10.1. The van der Waals surface area contributed by atoms with E-state index in [-0.39, 0.29) is 12.4 Å². The summed E-state index contributed by atoms with van der Waals surface area (Å²) in [4.78, 5) is 23.5. The molecule has 0 aliphatic carbocycles. The van der Waals surface area contributed by atoms with Gasteiger partial charge in [0.05, 0.1) is 12.9 Å². The van der Waals surface area contributed by atoms with Gasteiger partial charge >= 0.3 is 0 Å². The van der Waals surface area contributed by atoms with Crippen molar-refractivity contribution >= 4 is 24.8 Å². The maximum Gasteiger partial charge on any atom is 0.267 e. The molecule has 2 unspecified atom stereocenters. The van der Waals surface area contributed by atoms with Crippen LogP contribution >= 0.6 is 7.82 Å². The predicted octanol–water partition coefficient (Wildman–Crippen LogP) is -1.18. The monoisotopic (exact) mass is 398 g/mol. The first-order valence-electron chi connectivity index (χ1n) is 7.71. The number of hydrogen-bond donors (Lipinski definition) is 2. The summed E-state index contributed by atoms with van der Waals surface area (Å²) in [5.41, 5.74) is 6.42. The second-order valence-electron chi connectivity index (χ2n) is 5.54. The molecule has 0 aromatic carbocycles. The molecule has 3 rings (SSSR count). The molecule has 12 nitrogen and oxygen atoms in total. The maximum atomic E-state index is 11.4. The zero-order chi connectivity index (χ0) is 19.6. The zero-order valence-electron chi connectivity index (χ0n) is 14.2. The van der Waals surface area contributed by atoms with Crippen LogP contribution < -0.4 is 10.6 Å². The number of nitrogen functional groups attached to an aromatic ring is 1. The molecule has 0 spiro atoms. The van der Waals surface area contributed by atoms with Crippen LogP contribution in [0.5, 0.6) is 0 Å². The number of ether oxygens (including phenoxy) is 2. The highest BCUT2D eigenvalue weighted by molar-refractivity contribution is 7.45. The molecule has 0 radical (unpaired) electrons. The summed E-state index contributed by atoms with van der Waals surface area (Å²) in [7, 11) is -3.52. The van der Waals surface area contributed by atoms with Crippen molar-refractivity contribution in [2.24, 2.45) is 0 Å². The van der Waals surface area contributed by atoms with Crippen LogP contribution in [0.2, 0.25) is 0 Å². The minimum Gasteiger partial charge on any atom is -0.756 e. The molecule has 3 heterocycles. The standard InChI is InChI=1S/C14H18N5O7P/c1-3-4-24-11-8(5-25-27(21,22)23-2)26-14(10(11)20)19-7-18-9-12(15)16-6-17-13(9)19/h1,6-8,10-11,14,20H,4-5H2,2H3,(H,21,22)(H2,15,16,17)/p-1/t8-,10+,11?,14-/m1/s1. The van der Waals surface area contributed by atoms with Crippen LogP contribution in [0.15, 0.2) is 12.7 Å². The van der Waals surface area contributed by atoms with Gasteiger partial charge in [0, 0.05) is 7.11 Å². The highest BCUT2D eigenvalue weighted by Crippen LogP contribution is 2.40. The SMILES string of the molecule is C#CCOC1[C@@H](COP(=O)([O-])OC)O[C@@H](n2cnc3c(N)ncnc32)[C@H]1O. The summed E-state index contributed by atoms with van der Waals surface area (Å²) in [5.74, 6) is 2.44. The Kier molecular flexibility index (Phi) is 5.73. The molecule has 146 valence electrons. The number of aliphatic hydroxyl groups excluding tert-OH is 1. The Morgan fingerprint density at radius 1 is 1.52 bits per heavy atom. The number of imidazole rings is 1. The average Bonchev–Trinajstić information content (AvgIpc) is 3.20. The number of fused-ring (bicyclic) bond motifs is 1. The minimum atomic E-state index is -4.49. The van der Waals surface area contributed by atoms with E-state index in [2.05, 4.69) is 25.4 Å². The summed E-state index contributed by atoms with van der Waals surface area (Å²) in [6, 6.07) is 0. The average molecular weight is 398 g/mol. The first-order valence-corrected chi connectivity index (χ1v) is 9.17. The van der Waals surface area contributed by atoms with Gasteiger partial charge in [-0.1, -0.05) is 5.92 Å². The molecule has 2 aromatic heterocycles. The maximum absolute atomic E-state index is 11.4. The first-order chi connectivity index (χ1) is 12.9. The van der Waals surface area contributed by atoms with Crippen LogP contribution in [0, 0.1) is 12.3 Å². The van der Waals surface area contributed by atoms with Gasteiger partial charge in [0.2, 0.25) is 0 Å². The zero-order valence-corrected chi connectivity index (χ0v) is 15.1. The van der Waals surface area contributed by atoms with Crippen LogP contribution in [0.4, 0.5) is 5.82 Å². The third kappa shape index (κ3) is 3.95. The number of terminal acetylenes is 1. The second kappa shape index (κ2) is 7.87. The molecule has 2 aromatic rings. The van der Waals surface area contributed by atoms with E-state index in [1.165, 1.54) is 17.2 Å². The molecule has 27 heavy (non-hydrogen) atoms. The molecule has 0 amide bonds. The second-order valence-corrected chi connectivity index (χ2v) is 7.06. The highest BCUT2D eigenvalue weighted by atomic mass is 31.2. The number of anilines is 1. The van der Waals surface area contributed by atoms with E-state index in [9.17, 15) is 14.6 Å². The van der Waals surface area contributed by atoms with Crippen molar-refractivity contribution in [2.75, 3.05) is 26.1 Å². The van der Waals surface area contributed by atoms with Crippen LogP contribution in [0.1, 0.15) is 6.23 Å². The minimum absolute atomic E-state index is 0.118. The first kappa shape index (κ1) is 19.7. The van der Waals surface area contributed by atoms with Gasteiger partial charge in [-0.25, -0.2) is 15.0 Å². The van der Waals surface area contributed by atoms with Gasteiger partial charge in [0.25, 0.3) is 7.82 Å². The Hall–Kier alpha value is -2.10. The van der Waals surface area contributed by atoms with Gasteiger partial charge < -0.3 is 34.3 Å². The lowest BCUT2D eigenvalue weighted by Crippen LogP contribution is -2.37. The lowest BCUT2D eigenvalue weighted by molar-refractivity contribution is -0.226. The number of hydrogen-bond acceptors (Lipinski definition) is 11. The third-order valence-electron chi connectivity index (χ3n) is 3.95. The molecule has 3 N–H and O–H groups in total. The smallest absolute Gasteiger partial charge is 0.267 e. The number of phosphoric ester groups is 1. The van der Waals surface area contributed by atoms with Gasteiger partial charge in [-0.05, 0) is 0 Å². The molecule has 5 atom stereocenters. The van der Waals surface area contributed by atoms with E-state index >= 15 is 0 Å². The number of rotatable bonds is 7. The van der Waals surface area contributed by atoms with Gasteiger partial charge in [-0.3, -0.25) is 9.13 Å². The molecule has 1 aliphatic rings. The van der Waals surface area contributed by atoms with Crippen molar-refractivity contribution in [3.63, 3.8) is 0 Å². The van der Waals surface area contributed by atoms with Crippen molar-refractivity contribution in [1.82, 2.24) is 19.5 Å². The Labute approximate surface area is 153 Å². The van der Waals surface area contributed by atoms with Crippen LogP contribution in [-0.2, 0) is 23.1 Å². The fourth-order valence-electron chi connectivity index (χ4n) is 2.71. The van der Waals surface area contributed by atoms with Crippen molar-refractivity contribution in [1.29, 1.82) is 0 Å². The molecular formula is C14H17N5O7P-. The Morgan fingerprint density at radius 3 is 3.00 bits per heavy atom. The van der Waals surface area contributed by atoms with E-state index in [0.717, 1.165) is 7.11 Å². The molecule has 1 fully saturated rings. The topological polar surface area (TPSA) is 167 Å². The fraction of sp³-hybridized carbons (Fsp3) is 0.500. The molecule has 13 heteroatoms. The molecule has 1 aliphatic heterocycles. The third-order valence-corrected chi connectivity index (χ3v) is 4.86. The van der Waals surface area contributed by atoms with E-state index in [0.29, 0.717) is 11.2 Å². The quantitative estimate of drug-likeness (QED) is 0.425. The van der Waals surface area contributed by atoms with E-state index in [4.69, 9.17) is 26.2 Å². The summed E-state index contributed by atoms with van der Waals surface area (Å²) >= 11 is 0. The van der Waals surface area contributed by atoms with E-state index in [1.54, 1.807) is 0 Å². The van der Waals surface area contributed by atoms with Crippen LogP contribution in [0.3, 0.4) is 0 Å². The van der Waals surface area contributed by atoms with Crippen molar-refractivity contribution in [3.8, 4) is 12.3 Å². The number of aliphatic hydroxyl groups is 1. The number of phosphoric acid groups is 1. The number of nitrogens with zero attached hydrogens (tertiary/aromatic N) is 4. The Bertz CT molecular complexity index is 900. The van der Waals surface area contributed by atoms with Crippen molar-refractivity contribution < 1.29 is 33.1 Å². The normalized spacial score (nSPS) is 27.5. The summed E-state index contributed by atoms with van der Waals surface area (Å²) < 4.78 is 33.0. The molecular weight excluding hydrogens is 381 g/mol. The van der Waals surface area contributed by atoms with Crippen molar-refractivity contribution in [3.05, 3.63) is 12.7 Å².